The van der Waals surface area contributed by atoms with Crippen LogP contribution < -0.4 is 16.0 Å². The smallest absolute Gasteiger partial charge is 0.227 e. The molecule has 25 heavy (non-hydrogen) atoms. The predicted molar refractivity (Wildman–Crippen MR) is 98.4 cm³/mol. The minimum Gasteiger partial charge on any atom is -0.356 e. The molecule has 0 saturated heterocycles. The fraction of sp³-hybridized carbons (Fsp3) is 0.412. The van der Waals surface area contributed by atoms with E-state index in [9.17, 15) is 4.79 Å². The number of carbonyl (C=O) groups excluding carboxylic acids is 1. The highest BCUT2D eigenvalue weighted by Gasteiger charge is 2.04. The largest absolute Gasteiger partial charge is 0.356 e. The highest BCUT2D eigenvalue weighted by atomic mass is 16.1. The summed E-state index contributed by atoms with van der Waals surface area (Å²) >= 11 is 0. The summed E-state index contributed by atoms with van der Waals surface area (Å²) in [5.74, 6) is 1.17. The van der Waals surface area contributed by atoms with Crippen LogP contribution in [0.3, 0.4) is 0 Å². The Morgan fingerprint density at radius 1 is 1.24 bits per heavy atom. The van der Waals surface area contributed by atoms with Crippen molar-refractivity contribution < 1.29 is 4.79 Å². The van der Waals surface area contributed by atoms with Crippen molar-refractivity contribution in [3.63, 3.8) is 0 Å². The molecule has 8 heteroatoms. The maximum Gasteiger partial charge on any atom is 0.227 e. The normalized spacial score (nSPS) is 11.2. The molecule has 0 aliphatic rings. The second-order valence-corrected chi connectivity index (χ2v) is 5.51. The lowest BCUT2D eigenvalue weighted by Crippen LogP contribution is -2.39. The molecular weight excluding hydrogens is 318 g/mol. The standard InChI is InChI=1S/C17H25N7O/c1-14-6-3-7-15(22-14)23-16(25)8-11-20-17(18-2)19-9-4-12-24-13-5-10-21-24/h3,5-7,10,13H,4,8-9,11-12H2,1-2H3,(H2,18,19,20)(H,22,23,25). The van der Waals surface area contributed by atoms with Gasteiger partial charge < -0.3 is 16.0 Å². The lowest BCUT2D eigenvalue weighted by Gasteiger charge is -2.12. The summed E-state index contributed by atoms with van der Waals surface area (Å²) in [6.45, 7) is 4.01. The number of carbonyl (C=O) groups is 1. The van der Waals surface area contributed by atoms with Crippen molar-refractivity contribution in [1.82, 2.24) is 25.4 Å². The molecule has 2 rings (SSSR count). The quantitative estimate of drug-likeness (QED) is 0.380. The van der Waals surface area contributed by atoms with E-state index in [0.29, 0.717) is 24.7 Å². The third kappa shape index (κ3) is 7.03. The van der Waals surface area contributed by atoms with Crippen LogP contribution >= 0.6 is 0 Å². The topological polar surface area (TPSA) is 96.2 Å². The summed E-state index contributed by atoms with van der Waals surface area (Å²) in [4.78, 5) is 20.3. The van der Waals surface area contributed by atoms with Gasteiger partial charge in [-0.25, -0.2) is 4.98 Å². The molecule has 1 amide bonds. The Hall–Kier alpha value is -2.90. The molecule has 8 nitrogen and oxygen atoms in total. The van der Waals surface area contributed by atoms with Crippen molar-refractivity contribution in [3.8, 4) is 0 Å². The van der Waals surface area contributed by atoms with E-state index in [-0.39, 0.29) is 5.91 Å². The fourth-order valence-corrected chi connectivity index (χ4v) is 2.21. The van der Waals surface area contributed by atoms with Crippen molar-refractivity contribution in [1.29, 1.82) is 0 Å². The summed E-state index contributed by atoms with van der Waals surface area (Å²) < 4.78 is 1.89. The Kier molecular flexibility index (Phi) is 7.42. The first-order valence-electron chi connectivity index (χ1n) is 8.33. The molecule has 3 N–H and O–H groups in total. The van der Waals surface area contributed by atoms with E-state index in [2.05, 4.69) is 31.0 Å². The van der Waals surface area contributed by atoms with E-state index in [1.807, 2.05) is 36.0 Å². The number of hydrogen-bond acceptors (Lipinski definition) is 4. The van der Waals surface area contributed by atoms with Crippen LogP contribution in [-0.4, -0.2) is 46.8 Å². The second-order valence-electron chi connectivity index (χ2n) is 5.51. The zero-order chi connectivity index (χ0) is 17.9. The Morgan fingerprint density at radius 3 is 2.80 bits per heavy atom. The molecule has 0 fully saturated rings. The third-order valence-electron chi connectivity index (χ3n) is 3.44. The van der Waals surface area contributed by atoms with Gasteiger partial charge in [-0.15, -0.1) is 0 Å². The van der Waals surface area contributed by atoms with Gasteiger partial charge in [0.05, 0.1) is 0 Å². The molecule has 2 aromatic rings. The van der Waals surface area contributed by atoms with Gasteiger partial charge in [-0.2, -0.15) is 5.10 Å². The molecule has 134 valence electrons. The number of nitrogens with zero attached hydrogens (tertiary/aromatic N) is 4. The van der Waals surface area contributed by atoms with E-state index in [4.69, 9.17) is 0 Å². The molecule has 0 spiro atoms. The van der Waals surface area contributed by atoms with Crippen LogP contribution in [0, 0.1) is 6.92 Å². The summed E-state index contributed by atoms with van der Waals surface area (Å²) in [6.07, 6.45) is 4.98. The number of aromatic nitrogens is 3. The molecule has 0 unspecified atom stereocenters. The monoisotopic (exact) mass is 343 g/mol. The second kappa shape index (κ2) is 10.1. The third-order valence-corrected chi connectivity index (χ3v) is 3.44. The number of amides is 1. The average Bonchev–Trinajstić information content (AvgIpc) is 3.10. The number of aliphatic imine (C=N–C) groups is 1. The lowest BCUT2D eigenvalue weighted by molar-refractivity contribution is -0.116. The number of aryl methyl sites for hydroxylation is 2. The molecular formula is C17H25N7O. The Balaban J connectivity index is 1.60. The van der Waals surface area contributed by atoms with Crippen molar-refractivity contribution in [2.45, 2.75) is 26.3 Å². The number of rotatable bonds is 8. The van der Waals surface area contributed by atoms with Crippen molar-refractivity contribution in [2.75, 3.05) is 25.5 Å². The zero-order valence-electron chi connectivity index (χ0n) is 14.7. The van der Waals surface area contributed by atoms with Gasteiger partial charge in [-0.3, -0.25) is 14.5 Å². The van der Waals surface area contributed by atoms with E-state index < -0.39 is 0 Å². The van der Waals surface area contributed by atoms with Crippen LogP contribution in [-0.2, 0) is 11.3 Å². The number of guanidine groups is 1. The van der Waals surface area contributed by atoms with E-state index in [1.165, 1.54) is 0 Å². The van der Waals surface area contributed by atoms with Gasteiger partial charge in [-0.05, 0) is 31.5 Å². The van der Waals surface area contributed by atoms with Gasteiger partial charge in [0.1, 0.15) is 5.82 Å². The van der Waals surface area contributed by atoms with Crippen LogP contribution in [0.5, 0.6) is 0 Å². The van der Waals surface area contributed by atoms with Gasteiger partial charge in [0.25, 0.3) is 0 Å². The number of anilines is 1. The van der Waals surface area contributed by atoms with Gasteiger partial charge in [-0.1, -0.05) is 6.07 Å². The molecule has 0 radical (unpaired) electrons. The minimum atomic E-state index is -0.0836. The summed E-state index contributed by atoms with van der Waals surface area (Å²) in [7, 11) is 1.71. The number of hydrogen-bond donors (Lipinski definition) is 3. The van der Waals surface area contributed by atoms with Crippen LogP contribution in [0.15, 0.2) is 41.7 Å². The van der Waals surface area contributed by atoms with Crippen molar-refractivity contribution in [2.24, 2.45) is 4.99 Å². The highest BCUT2D eigenvalue weighted by Crippen LogP contribution is 2.03. The zero-order valence-corrected chi connectivity index (χ0v) is 14.7. The maximum atomic E-state index is 11.9. The first kappa shape index (κ1) is 18.4. The summed E-state index contributed by atoms with van der Waals surface area (Å²) in [5.41, 5.74) is 0.871. The van der Waals surface area contributed by atoms with E-state index >= 15 is 0 Å². The lowest BCUT2D eigenvalue weighted by atomic mass is 10.3. The highest BCUT2D eigenvalue weighted by molar-refractivity contribution is 5.90. The summed E-state index contributed by atoms with van der Waals surface area (Å²) in [5, 5.41) is 13.3. The SMILES string of the molecule is CN=C(NCCCn1cccn1)NCCC(=O)Nc1cccc(C)n1. The first-order valence-corrected chi connectivity index (χ1v) is 8.33. The minimum absolute atomic E-state index is 0.0836. The molecule has 0 saturated carbocycles. The molecule has 0 bridgehead atoms. The average molecular weight is 343 g/mol. The molecule has 0 atom stereocenters. The van der Waals surface area contributed by atoms with E-state index in [1.54, 1.807) is 19.3 Å². The van der Waals surface area contributed by atoms with Crippen LogP contribution in [0.4, 0.5) is 5.82 Å². The molecule has 2 aromatic heterocycles. The van der Waals surface area contributed by atoms with Gasteiger partial charge in [0.15, 0.2) is 5.96 Å². The molecule has 0 aliphatic carbocycles. The number of nitrogens with one attached hydrogen (secondary N) is 3. The predicted octanol–water partition coefficient (Wildman–Crippen LogP) is 1.17. The van der Waals surface area contributed by atoms with Crippen molar-refractivity contribution >= 4 is 17.7 Å². The van der Waals surface area contributed by atoms with Crippen LogP contribution in [0.2, 0.25) is 0 Å². The van der Waals surface area contributed by atoms with Crippen LogP contribution in [0.25, 0.3) is 0 Å². The first-order chi connectivity index (χ1) is 12.2. The Bertz CT molecular complexity index is 682. The molecule has 2 heterocycles. The van der Waals surface area contributed by atoms with Crippen molar-refractivity contribution in [3.05, 3.63) is 42.4 Å². The van der Waals surface area contributed by atoms with Gasteiger partial charge in [0.2, 0.25) is 5.91 Å². The van der Waals surface area contributed by atoms with Crippen LogP contribution in [0.1, 0.15) is 18.5 Å². The van der Waals surface area contributed by atoms with Gasteiger partial charge in [0, 0.05) is 51.2 Å². The molecule has 0 aromatic carbocycles. The Morgan fingerprint density at radius 2 is 2.08 bits per heavy atom. The summed E-state index contributed by atoms with van der Waals surface area (Å²) in [6, 6.07) is 7.44. The van der Waals surface area contributed by atoms with E-state index in [0.717, 1.165) is 25.2 Å². The Labute approximate surface area is 147 Å². The maximum absolute atomic E-state index is 11.9. The molecule has 0 aliphatic heterocycles. The van der Waals surface area contributed by atoms with Gasteiger partial charge >= 0.3 is 0 Å². The fourth-order valence-electron chi connectivity index (χ4n) is 2.21. The number of pyridine rings is 1.